The molecule has 0 saturated heterocycles. The molecule has 0 unspecified atom stereocenters. The fourth-order valence-electron chi connectivity index (χ4n) is 1.66. The molecule has 1 aromatic carbocycles. The highest BCUT2D eigenvalue weighted by Gasteiger charge is 2.03. The SMILES string of the molecule is C1=CC=C(c2ccc3scnc3c2)NC=C1. The minimum absolute atomic E-state index is 1.06. The Kier molecular flexibility index (Phi) is 2.31. The summed E-state index contributed by atoms with van der Waals surface area (Å²) in [5.74, 6) is 0. The number of nitrogens with zero attached hydrogens (tertiary/aromatic N) is 1. The van der Waals surface area contributed by atoms with E-state index in [4.69, 9.17) is 0 Å². The van der Waals surface area contributed by atoms with E-state index in [2.05, 4.69) is 34.6 Å². The Morgan fingerprint density at radius 3 is 3.12 bits per heavy atom. The Balaban J connectivity index is 2.08. The van der Waals surface area contributed by atoms with Gasteiger partial charge in [-0.1, -0.05) is 18.2 Å². The molecule has 0 amide bonds. The van der Waals surface area contributed by atoms with E-state index in [9.17, 15) is 0 Å². The maximum Gasteiger partial charge on any atom is 0.0818 e. The zero-order valence-electron chi connectivity index (χ0n) is 8.55. The fraction of sp³-hybridized carbons (Fsp3) is 0. The van der Waals surface area contributed by atoms with Gasteiger partial charge in [0, 0.05) is 17.5 Å². The van der Waals surface area contributed by atoms with Gasteiger partial charge in [-0.3, -0.25) is 0 Å². The lowest BCUT2D eigenvalue weighted by molar-refractivity contribution is 1.22. The highest BCUT2D eigenvalue weighted by atomic mass is 32.1. The average Bonchev–Trinajstić information content (AvgIpc) is 2.61. The Morgan fingerprint density at radius 1 is 1.12 bits per heavy atom. The van der Waals surface area contributed by atoms with Gasteiger partial charge in [0.25, 0.3) is 0 Å². The van der Waals surface area contributed by atoms with Crippen LogP contribution >= 0.6 is 11.3 Å². The van der Waals surface area contributed by atoms with E-state index < -0.39 is 0 Å². The molecule has 0 aliphatic carbocycles. The molecular weight excluding hydrogens is 216 g/mol. The standard InChI is InChI=1S/C13H10N2S/c1-2-4-11(14-7-3-1)10-5-6-13-12(8-10)15-9-16-13/h1-9,14H. The number of fused-ring (bicyclic) bond motifs is 1. The third-order valence-electron chi connectivity index (χ3n) is 2.46. The number of nitrogens with one attached hydrogen (secondary N) is 1. The van der Waals surface area contributed by atoms with Gasteiger partial charge in [-0.25, -0.2) is 4.98 Å². The van der Waals surface area contributed by atoms with Gasteiger partial charge < -0.3 is 5.32 Å². The summed E-state index contributed by atoms with van der Waals surface area (Å²) in [5.41, 5.74) is 5.19. The van der Waals surface area contributed by atoms with Gasteiger partial charge in [0.2, 0.25) is 0 Å². The predicted molar refractivity (Wildman–Crippen MR) is 69.0 cm³/mol. The molecule has 1 N–H and O–H groups in total. The molecule has 1 aliphatic heterocycles. The Labute approximate surface area is 97.6 Å². The van der Waals surface area contributed by atoms with E-state index in [1.165, 1.54) is 4.70 Å². The number of allylic oxidation sites excluding steroid dienone is 4. The summed E-state index contributed by atoms with van der Waals surface area (Å²) < 4.78 is 1.23. The Bertz CT molecular complexity index is 605. The van der Waals surface area contributed by atoms with Crippen LogP contribution in [0.4, 0.5) is 0 Å². The van der Waals surface area contributed by atoms with Crippen LogP contribution in [0.25, 0.3) is 15.9 Å². The molecule has 78 valence electrons. The molecule has 16 heavy (non-hydrogen) atoms. The first-order valence-electron chi connectivity index (χ1n) is 5.07. The molecule has 2 heterocycles. The quantitative estimate of drug-likeness (QED) is 0.807. The van der Waals surface area contributed by atoms with Gasteiger partial charge in [-0.05, 0) is 24.3 Å². The van der Waals surface area contributed by atoms with Gasteiger partial charge >= 0.3 is 0 Å². The Morgan fingerprint density at radius 2 is 2.12 bits per heavy atom. The van der Waals surface area contributed by atoms with Crippen LogP contribution in [-0.2, 0) is 0 Å². The summed E-state index contributed by atoms with van der Waals surface area (Å²) in [7, 11) is 0. The van der Waals surface area contributed by atoms with Crippen molar-refractivity contribution in [2.75, 3.05) is 0 Å². The molecule has 1 aromatic heterocycles. The third-order valence-corrected chi connectivity index (χ3v) is 3.27. The topological polar surface area (TPSA) is 24.9 Å². The van der Waals surface area contributed by atoms with E-state index >= 15 is 0 Å². The normalized spacial score (nSPS) is 14.6. The molecule has 3 heteroatoms. The number of rotatable bonds is 1. The average molecular weight is 226 g/mol. The highest BCUT2D eigenvalue weighted by Crippen LogP contribution is 2.22. The number of benzene rings is 1. The van der Waals surface area contributed by atoms with Crippen LogP contribution in [0.15, 0.2) is 54.2 Å². The predicted octanol–water partition coefficient (Wildman–Crippen LogP) is 3.31. The molecule has 0 radical (unpaired) electrons. The maximum absolute atomic E-state index is 4.33. The van der Waals surface area contributed by atoms with Crippen molar-refractivity contribution < 1.29 is 0 Å². The zero-order valence-corrected chi connectivity index (χ0v) is 9.37. The van der Waals surface area contributed by atoms with Crippen LogP contribution in [0, 0.1) is 0 Å². The van der Waals surface area contributed by atoms with Crippen LogP contribution in [0.1, 0.15) is 5.56 Å². The second-order valence-electron chi connectivity index (χ2n) is 3.50. The molecule has 0 spiro atoms. The van der Waals surface area contributed by atoms with Crippen molar-refractivity contribution in [2.24, 2.45) is 0 Å². The van der Waals surface area contributed by atoms with Crippen molar-refractivity contribution in [3.05, 3.63) is 59.8 Å². The summed E-state index contributed by atoms with van der Waals surface area (Å²) in [4.78, 5) is 4.33. The lowest BCUT2D eigenvalue weighted by atomic mass is 10.1. The molecule has 0 bridgehead atoms. The zero-order chi connectivity index (χ0) is 10.8. The minimum Gasteiger partial charge on any atom is -0.361 e. The highest BCUT2D eigenvalue weighted by molar-refractivity contribution is 7.16. The number of hydrogen-bond acceptors (Lipinski definition) is 3. The van der Waals surface area contributed by atoms with Crippen molar-refractivity contribution in [3.63, 3.8) is 0 Å². The molecular formula is C13H10N2S. The summed E-state index contributed by atoms with van der Waals surface area (Å²) >= 11 is 1.67. The smallest absolute Gasteiger partial charge is 0.0818 e. The summed E-state index contributed by atoms with van der Waals surface area (Å²) in [6, 6.07) is 6.34. The Hall–Kier alpha value is -1.87. The van der Waals surface area contributed by atoms with Gasteiger partial charge in [-0.2, -0.15) is 0 Å². The van der Waals surface area contributed by atoms with E-state index in [0.29, 0.717) is 0 Å². The van der Waals surface area contributed by atoms with E-state index in [0.717, 1.165) is 16.8 Å². The third kappa shape index (κ3) is 1.66. The van der Waals surface area contributed by atoms with Crippen molar-refractivity contribution >= 4 is 27.3 Å². The van der Waals surface area contributed by atoms with Crippen LogP contribution in [0.5, 0.6) is 0 Å². The van der Waals surface area contributed by atoms with Gasteiger partial charge in [0.15, 0.2) is 0 Å². The number of hydrogen-bond donors (Lipinski definition) is 1. The summed E-state index contributed by atoms with van der Waals surface area (Å²) in [6.45, 7) is 0. The largest absolute Gasteiger partial charge is 0.361 e. The van der Waals surface area contributed by atoms with Gasteiger partial charge in [0.1, 0.15) is 0 Å². The first-order chi connectivity index (χ1) is 7.93. The summed E-state index contributed by atoms with van der Waals surface area (Å²) in [5, 5.41) is 3.25. The van der Waals surface area contributed by atoms with Crippen LogP contribution < -0.4 is 5.32 Å². The molecule has 3 rings (SSSR count). The lowest BCUT2D eigenvalue weighted by Crippen LogP contribution is -2.02. The second kappa shape index (κ2) is 3.94. The minimum atomic E-state index is 1.06. The molecule has 1 aliphatic rings. The van der Waals surface area contributed by atoms with Crippen molar-refractivity contribution in [1.82, 2.24) is 10.3 Å². The van der Waals surface area contributed by atoms with Crippen molar-refractivity contribution in [2.45, 2.75) is 0 Å². The lowest BCUT2D eigenvalue weighted by Gasteiger charge is -2.05. The molecule has 0 fully saturated rings. The van der Waals surface area contributed by atoms with Crippen LogP contribution in [0.2, 0.25) is 0 Å². The van der Waals surface area contributed by atoms with Crippen molar-refractivity contribution in [3.8, 4) is 0 Å². The van der Waals surface area contributed by atoms with E-state index in [-0.39, 0.29) is 0 Å². The monoisotopic (exact) mass is 226 g/mol. The van der Waals surface area contributed by atoms with Crippen molar-refractivity contribution in [1.29, 1.82) is 0 Å². The number of aromatic nitrogens is 1. The number of thiazole rings is 1. The van der Waals surface area contributed by atoms with E-state index in [1.54, 1.807) is 11.3 Å². The first-order valence-corrected chi connectivity index (χ1v) is 5.95. The maximum atomic E-state index is 4.33. The first kappa shape index (κ1) is 9.36. The molecule has 2 aromatic rings. The second-order valence-corrected chi connectivity index (χ2v) is 4.39. The van der Waals surface area contributed by atoms with Crippen LogP contribution in [0.3, 0.4) is 0 Å². The van der Waals surface area contributed by atoms with E-state index in [1.807, 2.05) is 29.9 Å². The van der Waals surface area contributed by atoms with Gasteiger partial charge in [-0.15, -0.1) is 11.3 Å². The summed E-state index contributed by atoms with van der Waals surface area (Å²) in [6.07, 6.45) is 10.00. The van der Waals surface area contributed by atoms with Gasteiger partial charge in [0.05, 0.1) is 15.7 Å². The fourth-order valence-corrected chi connectivity index (χ4v) is 2.32. The molecule has 0 atom stereocenters. The molecule has 0 saturated carbocycles. The molecule has 2 nitrogen and oxygen atoms in total. The van der Waals surface area contributed by atoms with Crippen LogP contribution in [-0.4, -0.2) is 4.98 Å².